The summed E-state index contributed by atoms with van der Waals surface area (Å²) < 4.78 is 0. The van der Waals surface area contributed by atoms with Crippen LogP contribution >= 0.6 is 23.5 Å². The number of hydrogen-bond acceptors (Lipinski definition) is 3. The van der Waals surface area contributed by atoms with E-state index in [1.807, 2.05) is 35.9 Å². The molecule has 0 aromatic carbocycles. The molecule has 0 unspecified atom stereocenters. The van der Waals surface area contributed by atoms with Crippen LogP contribution in [0.4, 0.5) is 0 Å². The second kappa shape index (κ2) is 8.18. The molecule has 1 aromatic rings. The summed E-state index contributed by atoms with van der Waals surface area (Å²) in [6, 6.07) is 4.20. The Morgan fingerprint density at radius 1 is 1.07 bits per heavy atom. The van der Waals surface area contributed by atoms with Gasteiger partial charge in [0, 0.05) is 23.9 Å². The van der Waals surface area contributed by atoms with E-state index >= 15 is 0 Å². The van der Waals surface area contributed by atoms with E-state index < -0.39 is 0 Å². The number of nitrogens with zero attached hydrogens (tertiary/aromatic N) is 1. The van der Waals surface area contributed by atoms with Gasteiger partial charge in [-0.1, -0.05) is 6.92 Å². The summed E-state index contributed by atoms with van der Waals surface area (Å²) in [6.07, 6.45) is 4.91. The average Bonchev–Trinajstić information content (AvgIpc) is 2.25. The Balaban J connectivity index is 1.99. The molecule has 0 aliphatic carbocycles. The maximum atomic E-state index is 4.00. The Morgan fingerprint density at radius 2 is 1.79 bits per heavy atom. The zero-order valence-corrected chi connectivity index (χ0v) is 10.2. The van der Waals surface area contributed by atoms with Gasteiger partial charge in [-0.15, -0.1) is 0 Å². The highest BCUT2D eigenvalue weighted by atomic mass is 32.2. The first-order chi connectivity index (χ1) is 6.93. The van der Waals surface area contributed by atoms with Crippen molar-refractivity contribution >= 4 is 23.5 Å². The predicted octanol–water partition coefficient (Wildman–Crippen LogP) is 3.11. The molecule has 0 bridgehead atoms. The van der Waals surface area contributed by atoms with Gasteiger partial charge in [-0.25, -0.2) is 0 Å². The maximum absolute atomic E-state index is 4.00. The van der Waals surface area contributed by atoms with Crippen molar-refractivity contribution < 1.29 is 0 Å². The molecule has 0 saturated heterocycles. The van der Waals surface area contributed by atoms with Crippen LogP contribution in [0.3, 0.4) is 0 Å². The second-order valence-electron chi connectivity index (χ2n) is 2.91. The van der Waals surface area contributed by atoms with Crippen molar-refractivity contribution in [1.29, 1.82) is 0 Å². The summed E-state index contributed by atoms with van der Waals surface area (Å²) in [7, 11) is 0. The minimum Gasteiger partial charge on any atom is -0.265 e. The van der Waals surface area contributed by atoms with Crippen LogP contribution in [0.15, 0.2) is 24.5 Å². The van der Waals surface area contributed by atoms with Crippen LogP contribution in [-0.2, 0) is 6.42 Å². The molecule has 0 N–H and O–H groups in total. The summed E-state index contributed by atoms with van der Waals surface area (Å²) in [4.78, 5) is 4.00. The first kappa shape index (κ1) is 11.9. The molecule has 1 heterocycles. The first-order valence-corrected chi connectivity index (χ1v) is 7.29. The van der Waals surface area contributed by atoms with Crippen molar-refractivity contribution in [3.63, 3.8) is 0 Å². The van der Waals surface area contributed by atoms with Gasteiger partial charge in [0.1, 0.15) is 0 Å². The molecular formula is C11H17NS2. The summed E-state index contributed by atoms with van der Waals surface area (Å²) in [5.74, 6) is 5.04. The van der Waals surface area contributed by atoms with E-state index in [1.54, 1.807) is 0 Å². The van der Waals surface area contributed by atoms with Crippen molar-refractivity contribution in [2.24, 2.45) is 0 Å². The molecule has 0 aliphatic rings. The number of hydrogen-bond donors (Lipinski definition) is 0. The topological polar surface area (TPSA) is 12.9 Å². The minimum absolute atomic E-state index is 1.17. The van der Waals surface area contributed by atoms with Crippen LogP contribution in [-0.4, -0.2) is 28.0 Å². The van der Waals surface area contributed by atoms with Gasteiger partial charge in [-0.2, -0.15) is 23.5 Å². The molecule has 0 saturated carbocycles. The van der Waals surface area contributed by atoms with E-state index in [0.717, 1.165) is 0 Å². The summed E-state index contributed by atoms with van der Waals surface area (Å²) >= 11 is 4.07. The molecule has 0 atom stereocenters. The molecule has 14 heavy (non-hydrogen) atoms. The van der Waals surface area contributed by atoms with E-state index in [1.165, 1.54) is 35.0 Å². The molecule has 0 fully saturated rings. The number of pyridine rings is 1. The fourth-order valence-corrected chi connectivity index (χ4v) is 2.92. The minimum atomic E-state index is 1.17. The van der Waals surface area contributed by atoms with Gasteiger partial charge in [0.25, 0.3) is 0 Å². The second-order valence-corrected chi connectivity index (χ2v) is 5.53. The third-order valence-electron chi connectivity index (χ3n) is 1.86. The average molecular weight is 227 g/mol. The van der Waals surface area contributed by atoms with Crippen molar-refractivity contribution in [2.45, 2.75) is 13.3 Å². The van der Waals surface area contributed by atoms with Crippen molar-refractivity contribution in [1.82, 2.24) is 4.98 Å². The third-order valence-corrected chi connectivity index (χ3v) is 4.01. The highest BCUT2D eigenvalue weighted by Crippen LogP contribution is 2.09. The van der Waals surface area contributed by atoms with Crippen molar-refractivity contribution in [3.8, 4) is 0 Å². The van der Waals surface area contributed by atoms with Gasteiger partial charge in [-0.3, -0.25) is 4.98 Å². The van der Waals surface area contributed by atoms with Gasteiger partial charge in [0.2, 0.25) is 0 Å². The lowest BCUT2D eigenvalue weighted by molar-refractivity contribution is 1.13. The van der Waals surface area contributed by atoms with Crippen LogP contribution in [0.5, 0.6) is 0 Å². The van der Waals surface area contributed by atoms with E-state index in [0.29, 0.717) is 0 Å². The molecule has 1 rings (SSSR count). The lowest BCUT2D eigenvalue weighted by atomic mass is 10.2. The first-order valence-electron chi connectivity index (χ1n) is 4.98. The number of rotatable bonds is 7. The molecule has 1 aromatic heterocycles. The van der Waals surface area contributed by atoms with E-state index in [-0.39, 0.29) is 0 Å². The van der Waals surface area contributed by atoms with Gasteiger partial charge < -0.3 is 0 Å². The van der Waals surface area contributed by atoms with Gasteiger partial charge in [0.15, 0.2) is 0 Å². The zero-order chi connectivity index (χ0) is 10.1. The standard InChI is InChI=1S/C11H17NS2/c1-2-13-9-10-14-8-5-11-3-6-12-7-4-11/h3-4,6-7H,2,5,8-10H2,1H3. The highest BCUT2D eigenvalue weighted by molar-refractivity contribution is 8.02. The molecule has 0 radical (unpaired) electrons. The van der Waals surface area contributed by atoms with Crippen LogP contribution < -0.4 is 0 Å². The largest absolute Gasteiger partial charge is 0.265 e. The lowest BCUT2D eigenvalue weighted by Gasteiger charge is -2.01. The van der Waals surface area contributed by atoms with E-state index in [9.17, 15) is 0 Å². The molecule has 0 aliphatic heterocycles. The van der Waals surface area contributed by atoms with Crippen LogP contribution in [0, 0.1) is 0 Å². The summed E-state index contributed by atoms with van der Waals surface area (Å²) in [6.45, 7) is 2.21. The fraction of sp³-hybridized carbons (Fsp3) is 0.545. The number of aromatic nitrogens is 1. The van der Waals surface area contributed by atoms with Crippen LogP contribution in [0.2, 0.25) is 0 Å². The predicted molar refractivity (Wildman–Crippen MR) is 68.3 cm³/mol. The van der Waals surface area contributed by atoms with Gasteiger partial charge in [-0.05, 0) is 35.6 Å². The summed E-state index contributed by atoms with van der Waals surface area (Å²) in [5, 5.41) is 0. The monoisotopic (exact) mass is 227 g/mol. The third kappa shape index (κ3) is 5.55. The van der Waals surface area contributed by atoms with E-state index in [2.05, 4.69) is 24.0 Å². The molecule has 78 valence electrons. The highest BCUT2D eigenvalue weighted by Gasteiger charge is 1.92. The molecule has 1 nitrogen and oxygen atoms in total. The zero-order valence-electron chi connectivity index (χ0n) is 8.61. The molecular weight excluding hydrogens is 210 g/mol. The number of thioether (sulfide) groups is 2. The normalized spacial score (nSPS) is 10.4. The Morgan fingerprint density at radius 3 is 2.50 bits per heavy atom. The van der Waals surface area contributed by atoms with E-state index in [4.69, 9.17) is 0 Å². The Hall–Kier alpha value is -0.150. The maximum Gasteiger partial charge on any atom is 0.0270 e. The van der Waals surface area contributed by atoms with Crippen molar-refractivity contribution in [3.05, 3.63) is 30.1 Å². The van der Waals surface area contributed by atoms with Crippen LogP contribution in [0.25, 0.3) is 0 Å². The molecule has 3 heteroatoms. The quantitative estimate of drug-likeness (QED) is 0.664. The van der Waals surface area contributed by atoms with Crippen LogP contribution in [0.1, 0.15) is 12.5 Å². The fourth-order valence-electron chi connectivity index (χ4n) is 1.10. The molecule has 0 spiro atoms. The van der Waals surface area contributed by atoms with Gasteiger partial charge >= 0.3 is 0 Å². The smallest absolute Gasteiger partial charge is 0.0270 e. The summed E-state index contributed by atoms with van der Waals surface area (Å²) in [5.41, 5.74) is 1.40. The Kier molecular flexibility index (Phi) is 6.97. The Bertz CT molecular complexity index is 226. The van der Waals surface area contributed by atoms with Gasteiger partial charge in [0.05, 0.1) is 0 Å². The lowest BCUT2D eigenvalue weighted by Crippen LogP contribution is -1.91. The molecule has 0 amide bonds. The Labute approximate surface area is 95.1 Å². The number of aryl methyl sites for hydroxylation is 1. The van der Waals surface area contributed by atoms with Crippen molar-refractivity contribution in [2.75, 3.05) is 23.0 Å². The SMILES string of the molecule is CCSCCSCCc1ccncc1.